The topological polar surface area (TPSA) is 314 Å². The molecule has 3 aliphatic rings. The van der Waals surface area contributed by atoms with Gasteiger partial charge in [-0.1, -0.05) is 54.4 Å². The molecule has 2 fully saturated rings. The Morgan fingerprint density at radius 1 is 0.536 bits per heavy atom. The van der Waals surface area contributed by atoms with E-state index in [2.05, 4.69) is 15.8 Å². The molecule has 0 aromatic heterocycles. The van der Waals surface area contributed by atoms with Gasteiger partial charge in [0.05, 0.1) is 82.9 Å². The normalized spacial score (nSPS) is 17.3. The average molecular weight is 1220 g/mol. The molecule has 25 heteroatoms. The molecule has 0 spiro atoms. The van der Waals surface area contributed by atoms with Crippen molar-refractivity contribution in [3.8, 4) is 35.1 Å². The van der Waals surface area contributed by atoms with E-state index in [-0.39, 0.29) is 88.6 Å². The van der Waals surface area contributed by atoms with Gasteiger partial charge in [-0.15, -0.1) is 9.24 Å². The Morgan fingerprint density at radius 3 is 1.32 bits per heavy atom. The number of nitriles is 2. The van der Waals surface area contributed by atoms with Crippen LogP contribution in [0.5, 0.6) is 23.0 Å². The summed E-state index contributed by atoms with van der Waals surface area (Å²) >= 11 is 2.10. The van der Waals surface area contributed by atoms with Crippen LogP contribution in [0.2, 0.25) is 0 Å². The first kappa shape index (κ1) is 65.6. The summed E-state index contributed by atoms with van der Waals surface area (Å²) in [5.41, 5.74) is 1.46. The van der Waals surface area contributed by atoms with Crippen LogP contribution < -0.4 is 18.9 Å². The molecule has 0 bridgehead atoms. The van der Waals surface area contributed by atoms with Crippen molar-refractivity contribution >= 4 is 86.5 Å². The maximum Gasteiger partial charge on any atom is 0.330 e. The molecule has 2 saturated carbocycles. The highest BCUT2D eigenvalue weighted by Crippen LogP contribution is 2.59. The van der Waals surface area contributed by atoms with Crippen molar-refractivity contribution in [2.45, 2.75) is 106 Å². The minimum Gasteiger partial charge on any atom is -0.465 e. The smallest absolute Gasteiger partial charge is 0.330 e. The summed E-state index contributed by atoms with van der Waals surface area (Å²) in [5.74, 6) is -5.80. The highest BCUT2D eigenvalue weighted by molar-refractivity contribution is 8.24. The summed E-state index contributed by atoms with van der Waals surface area (Å²) in [6.45, 7) is 3.11. The first-order valence-corrected chi connectivity index (χ1v) is 29.5. The van der Waals surface area contributed by atoms with Crippen molar-refractivity contribution in [1.82, 2.24) is 0 Å². The summed E-state index contributed by atoms with van der Waals surface area (Å²) in [6, 6.07) is 20.2. The molecule has 0 saturated heterocycles. The second-order valence-electron chi connectivity index (χ2n) is 19.2. The third kappa shape index (κ3) is 21.2. The first-order valence-electron chi connectivity index (χ1n) is 27.1. The molecule has 2 atom stereocenters. The molecule has 2 unspecified atom stereocenters. The zero-order chi connectivity index (χ0) is 60.4. The van der Waals surface area contributed by atoms with E-state index in [1.807, 2.05) is 12.1 Å². The summed E-state index contributed by atoms with van der Waals surface area (Å²) in [7, 11) is 2.22. The van der Waals surface area contributed by atoms with Gasteiger partial charge >= 0.3 is 53.7 Å². The fourth-order valence-electron chi connectivity index (χ4n) is 8.73. The minimum atomic E-state index is -1.23. The van der Waals surface area contributed by atoms with Gasteiger partial charge in [0.25, 0.3) is 0 Å². The zero-order valence-electron chi connectivity index (χ0n) is 45.8. The number of hydrogen-bond acceptors (Lipinski definition) is 24. The average Bonchev–Trinajstić information content (AvgIpc) is 3.51. The molecule has 1 heterocycles. The molecule has 2 aliphatic carbocycles. The van der Waals surface area contributed by atoms with Crippen LogP contribution in [0.3, 0.4) is 0 Å². The van der Waals surface area contributed by atoms with Gasteiger partial charge in [-0.05, 0) is 98.9 Å². The largest absolute Gasteiger partial charge is 0.465 e. The van der Waals surface area contributed by atoms with Crippen molar-refractivity contribution in [2.75, 3.05) is 45.8 Å². The molecule has 3 aromatic carbocycles. The molecular weight excluding hydrogens is 1150 g/mol. The van der Waals surface area contributed by atoms with E-state index in [4.69, 9.17) is 47.4 Å². The number of rotatable bonds is 29. The van der Waals surface area contributed by atoms with Gasteiger partial charge in [0.15, 0.2) is 6.29 Å². The van der Waals surface area contributed by atoms with Gasteiger partial charge in [0.2, 0.25) is 0 Å². The Labute approximate surface area is 495 Å². The summed E-state index contributed by atoms with van der Waals surface area (Å²) in [5, 5.41) is 29.3. The third-order valence-corrected chi connectivity index (χ3v) is 16.3. The summed E-state index contributed by atoms with van der Waals surface area (Å²) in [4.78, 5) is 113. The van der Waals surface area contributed by atoms with Crippen molar-refractivity contribution < 1.29 is 95.6 Å². The quantitative estimate of drug-likeness (QED) is 0.0102. The van der Waals surface area contributed by atoms with Crippen LogP contribution >= 0.6 is 32.8 Å². The van der Waals surface area contributed by atoms with E-state index in [0.717, 1.165) is 40.7 Å². The molecular formula is C59H63N2O20PS2. The fourth-order valence-corrected chi connectivity index (χ4v) is 11.3. The van der Waals surface area contributed by atoms with Gasteiger partial charge in [-0.25, -0.2) is 4.79 Å². The lowest BCUT2D eigenvalue weighted by atomic mass is 9.82. The van der Waals surface area contributed by atoms with E-state index < -0.39 is 83.7 Å². The number of thioether (sulfide) groups is 2. The van der Waals surface area contributed by atoms with Crippen LogP contribution in [-0.2, 0) is 84.4 Å². The Hall–Kier alpha value is -7.60. The predicted molar refractivity (Wildman–Crippen MR) is 300 cm³/mol. The number of hydrogen-bond donors (Lipinski definition) is 1. The summed E-state index contributed by atoms with van der Waals surface area (Å²) in [6.07, 6.45) is 3.05. The van der Waals surface area contributed by atoms with E-state index in [9.17, 15) is 58.8 Å². The van der Waals surface area contributed by atoms with Crippen LogP contribution in [0, 0.1) is 46.3 Å². The molecule has 22 nitrogen and oxygen atoms in total. The van der Waals surface area contributed by atoms with Crippen LogP contribution in [0.25, 0.3) is 0 Å². The number of allylic oxidation sites excluding steroid dienone is 1. The highest BCUT2D eigenvalue weighted by Gasteiger charge is 2.37. The molecule has 0 amide bonds. The molecule has 6 rings (SSSR count). The number of nitrogens with zero attached hydrogens (tertiary/aromatic N) is 2. The van der Waals surface area contributed by atoms with E-state index >= 15 is 0 Å². The molecule has 446 valence electrons. The molecule has 84 heavy (non-hydrogen) atoms. The first-order chi connectivity index (χ1) is 40.5. The van der Waals surface area contributed by atoms with Crippen LogP contribution in [0.15, 0.2) is 92.9 Å². The maximum atomic E-state index is 13.6. The van der Waals surface area contributed by atoms with Crippen LogP contribution in [-0.4, -0.2) is 111 Å². The monoisotopic (exact) mass is 1210 g/mol. The lowest BCUT2D eigenvalue weighted by molar-refractivity contribution is -0.153. The predicted octanol–water partition coefficient (Wildman–Crippen LogP) is 7.54. The lowest BCUT2D eigenvalue weighted by Crippen LogP contribution is -2.30. The van der Waals surface area contributed by atoms with Crippen LogP contribution in [0.4, 0.5) is 0 Å². The second-order valence-corrected chi connectivity index (χ2v) is 21.9. The Balaban J connectivity index is 0.899. The van der Waals surface area contributed by atoms with Crippen molar-refractivity contribution in [1.29, 1.82) is 10.5 Å². The summed E-state index contributed by atoms with van der Waals surface area (Å²) < 4.78 is 53.5. The molecule has 3 aromatic rings. The van der Waals surface area contributed by atoms with Crippen molar-refractivity contribution in [3.05, 3.63) is 94.3 Å². The minimum absolute atomic E-state index is 0.00496. The number of aliphatic hydroxyl groups excluding tert-OH is 1. The molecule has 1 N–H and O–H groups in total. The molecule has 1 aliphatic heterocycles. The van der Waals surface area contributed by atoms with Gasteiger partial charge < -0.3 is 52.5 Å². The molecule has 0 radical (unpaired) electrons. The van der Waals surface area contributed by atoms with Gasteiger partial charge in [0, 0.05) is 25.3 Å². The third-order valence-electron chi connectivity index (χ3n) is 13.4. The fraction of sp³-hybridized carbons (Fsp3) is 0.441. The Morgan fingerprint density at radius 2 is 0.917 bits per heavy atom. The number of carbonyl (C=O) groups is 9. The number of aliphatic hydroxyl groups is 1. The Kier molecular flexibility index (Phi) is 26.7. The van der Waals surface area contributed by atoms with Crippen molar-refractivity contribution in [3.63, 3.8) is 0 Å². The number of carbonyl (C=O) groups excluding carboxylic acids is 9. The number of fused-ring (bicyclic) bond motifs is 1. The van der Waals surface area contributed by atoms with Crippen molar-refractivity contribution in [2.24, 2.45) is 23.7 Å². The van der Waals surface area contributed by atoms with E-state index in [0.29, 0.717) is 89.7 Å². The Bertz CT molecular complexity index is 2960. The standard InChI is InChI=1S/C59H63N2O20PS2/c1-2-47(62)74-29-30-75-50(65)23-21-48(63)72-27-25-36-3-15-43(16-4-36)78-55(68)38-7-11-40(12-8-38)57(70)80-45-19-20-46(54-53(45)83-59(84-54)42(33-60)34-61)81-58(71)41-13-9-39(10-14-41)56(69)79-44-17-5-37(6-18-44)26-28-73-49(64)22-24-51(66)76-31-32-77-52(67)35-82/h2-6,15-20,38-41,50,65H,1,7-14,21-32,35,82H2. The SMILES string of the molecule is C=CC(=O)OCCOC(O)CCC(=O)OCCc1ccc(OC(=O)C2CCC(C(=O)Oc3ccc(OC(=O)C4CCC(C(=O)Oc5ccc(CCOC(=O)CCC(=O)OCCOC(=O)CP)cc5)CC4)c4c3SC(=C(C#N)C#N)S4)CC2)cc1. The number of benzene rings is 3. The second kappa shape index (κ2) is 34.2. The maximum absolute atomic E-state index is 13.6. The van der Waals surface area contributed by atoms with Gasteiger partial charge in [-0.3, -0.25) is 38.4 Å². The highest BCUT2D eigenvalue weighted by atomic mass is 32.2. The number of ether oxygens (including phenoxy) is 10. The van der Waals surface area contributed by atoms with Crippen LogP contribution in [0.1, 0.15) is 88.2 Å². The zero-order valence-corrected chi connectivity index (χ0v) is 48.6. The van der Waals surface area contributed by atoms with Gasteiger partial charge in [-0.2, -0.15) is 10.5 Å². The van der Waals surface area contributed by atoms with E-state index in [1.54, 1.807) is 48.5 Å². The lowest BCUT2D eigenvalue weighted by Gasteiger charge is -2.26. The van der Waals surface area contributed by atoms with Gasteiger partial charge in [0.1, 0.15) is 60.5 Å². The van der Waals surface area contributed by atoms with E-state index in [1.165, 1.54) is 12.1 Å². The number of esters is 9.